The average Bonchev–Trinajstić information content (AvgIpc) is 2.76. The molecule has 0 spiro atoms. The molecule has 1 unspecified atom stereocenters. The van der Waals surface area contributed by atoms with Gasteiger partial charge in [0.1, 0.15) is 5.75 Å². The van der Waals surface area contributed by atoms with E-state index < -0.39 is 4.92 Å². The number of benzene rings is 2. The predicted molar refractivity (Wildman–Crippen MR) is 95.5 cm³/mol. The molecule has 0 bridgehead atoms. The van der Waals surface area contributed by atoms with Crippen LogP contribution in [0, 0.1) is 10.1 Å². The summed E-state index contributed by atoms with van der Waals surface area (Å²) in [5.41, 5.74) is 2.78. The van der Waals surface area contributed by atoms with Crippen LogP contribution in [0.1, 0.15) is 25.0 Å². The molecule has 124 valence electrons. The van der Waals surface area contributed by atoms with Crippen molar-refractivity contribution in [2.75, 3.05) is 11.9 Å². The van der Waals surface area contributed by atoms with Crippen molar-refractivity contribution >= 4 is 17.5 Å². The Kier molecular flexibility index (Phi) is 3.79. The first kappa shape index (κ1) is 16.1. The number of nitro benzene ring substituents is 1. The number of nitrogens with zero attached hydrogens (tertiary/aromatic N) is 2. The molecular formula is C19H20N2O3. The summed E-state index contributed by atoms with van der Waals surface area (Å²) in [4.78, 5) is 12.6. The van der Waals surface area contributed by atoms with E-state index in [2.05, 4.69) is 37.5 Å². The van der Waals surface area contributed by atoms with Crippen LogP contribution in [0.3, 0.4) is 0 Å². The zero-order valence-corrected chi connectivity index (χ0v) is 14.0. The maximum absolute atomic E-state index is 11.0. The maximum atomic E-state index is 11.0. The van der Waals surface area contributed by atoms with Gasteiger partial charge >= 0.3 is 0 Å². The van der Waals surface area contributed by atoms with Crippen LogP contribution >= 0.6 is 0 Å². The number of nitro groups is 1. The van der Waals surface area contributed by atoms with Crippen LogP contribution in [0.4, 0.5) is 11.4 Å². The van der Waals surface area contributed by atoms with E-state index in [4.69, 9.17) is 4.74 Å². The molecule has 0 saturated heterocycles. The number of para-hydroxylation sites is 1. The number of likely N-dealkylation sites (N-methyl/N-ethyl adjacent to an activating group) is 1. The molecule has 24 heavy (non-hydrogen) atoms. The van der Waals surface area contributed by atoms with Crippen molar-refractivity contribution in [3.8, 4) is 5.75 Å². The molecule has 1 aliphatic rings. The van der Waals surface area contributed by atoms with Gasteiger partial charge in [-0.25, -0.2) is 0 Å². The largest absolute Gasteiger partial charge is 0.469 e. The molecule has 0 aromatic heterocycles. The highest BCUT2D eigenvalue weighted by Crippen LogP contribution is 2.45. The number of ether oxygens (including phenoxy) is 1. The van der Waals surface area contributed by atoms with E-state index in [0.29, 0.717) is 11.3 Å². The standard InChI is InChI=1S/C19H20N2O3/c1-5-13-12-14(21(22)23)10-11-17(13)24-18-19(2,3)15-8-6-7-9-16(15)20(18)4/h5-12,18H,1H2,2-4H3. The fraction of sp³-hybridized carbons (Fsp3) is 0.263. The quantitative estimate of drug-likeness (QED) is 0.619. The molecule has 5 heteroatoms. The SMILES string of the molecule is C=Cc1cc([N+](=O)[O-])ccc1OC1N(C)c2ccccc2C1(C)C. The van der Waals surface area contributed by atoms with Gasteiger partial charge in [0.2, 0.25) is 0 Å². The van der Waals surface area contributed by atoms with Gasteiger partial charge in [0.25, 0.3) is 5.69 Å². The highest BCUT2D eigenvalue weighted by Gasteiger charge is 2.44. The van der Waals surface area contributed by atoms with Crippen LogP contribution in [-0.4, -0.2) is 18.2 Å². The van der Waals surface area contributed by atoms with Crippen molar-refractivity contribution in [1.29, 1.82) is 0 Å². The number of fused-ring (bicyclic) bond motifs is 1. The van der Waals surface area contributed by atoms with Crippen molar-refractivity contribution in [2.24, 2.45) is 0 Å². The van der Waals surface area contributed by atoms with Gasteiger partial charge in [-0.2, -0.15) is 0 Å². The van der Waals surface area contributed by atoms with Crippen molar-refractivity contribution in [1.82, 2.24) is 0 Å². The lowest BCUT2D eigenvalue weighted by atomic mass is 9.85. The molecule has 3 rings (SSSR count). The van der Waals surface area contributed by atoms with Gasteiger partial charge in [0, 0.05) is 35.8 Å². The molecule has 2 aromatic carbocycles. The third-order valence-corrected chi connectivity index (χ3v) is 4.61. The van der Waals surface area contributed by atoms with E-state index in [-0.39, 0.29) is 17.3 Å². The van der Waals surface area contributed by atoms with E-state index in [1.165, 1.54) is 17.7 Å². The summed E-state index contributed by atoms with van der Waals surface area (Å²) in [5.74, 6) is 0.591. The zero-order valence-electron chi connectivity index (χ0n) is 14.0. The van der Waals surface area contributed by atoms with Crippen molar-refractivity contribution < 1.29 is 9.66 Å². The monoisotopic (exact) mass is 324 g/mol. The summed E-state index contributed by atoms with van der Waals surface area (Å²) < 4.78 is 6.27. The third-order valence-electron chi connectivity index (χ3n) is 4.61. The molecule has 0 radical (unpaired) electrons. The summed E-state index contributed by atoms with van der Waals surface area (Å²) in [7, 11) is 2.00. The molecule has 0 amide bonds. The Morgan fingerprint density at radius 3 is 2.62 bits per heavy atom. The second-order valence-corrected chi connectivity index (χ2v) is 6.50. The number of non-ortho nitro benzene ring substituents is 1. The van der Waals surface area contributed by atoms with Gasteiger partial charge in [-0.3, -0.25) is 10.1 Å². The Labute approximate surface area is 141 Å². The van der Waals surface area contributed by atoms with Crippen LogP contribution in [0.25, 0.3) is 6.08 Å². The van der Waals surface area contributed by atoms with E-state index >= 15 is 0 Å². The molecule has 2 aromatic rings. The molecular weight excluding hydrogens is 304 g/mol. The lowest BCUT2D eigenvalue weighted by Gasteiger charge is -2.32. The molecule has 1 aliphatic heterocycles. The molecule has 1 atom stereocenters. The summed E-state index contributed by atoms with van der Waals surface area (Å²) >= 11 is 0. The van der Waals surface area contributed by atoms with E-state index in [9.17, 15) is 10.1 Å². The number of anilines is 1. The fourth-order valence-electron chi connectivity index (χ4n) is 3.33. The molecule has 0 fully saturated rings. The summed E-state index contributed by atoms with van der Waals surface area (Å²) in [6.07, 6.45) is 1.37. The van der Waals surface area contributed by atoms with Gasteiger partial charge in [-0.1, -0.05) is 44.7 Å². The topological polar surface area (TPSA) is 55.6 Å². The molecule has 5 nitrogen and oxygen atoms in total. The minimum Gasteiger partial charge on any atom is -0.469 e. The van der Waals surface area contributed by atoms with Crippen LogP contribution < -0.4 is 9.64 Å². The van der Waals surface area contributed by atoms with Crippen molar-refractivity contribution in [3.05, 3.63) is 70.3 Å². The molecule has 1 heterocycles. The lowest BCUT2D eigenvalue weighted by Crippen LogP contribution is -2.44. The van der Waals surface area contributed by atoms with Gasteiger partial charge in [-0.05, 0) is 17.7 Å². The number of rotatable bonds is 4. The third kappa shape index (κ3) is 2.42. The molecule has 0 saturated carbocycles. The summed E-state index contributed by atoms with van der Waals surface area (Å²) in [5, 5.41) is 11.0. The maximum Gasteiger partial charge on any atom is 0.270 e. The number of hydrogen-bond donors (Lipinski definition) is 0. The van der Waals surface area contributed by atoms with E-state index in [1.54, 1.807) is 12.1 Å². The van der Waals surface area contributed by atoms with Gasteiger partial charge in [-0.15, -0.1) is 0 Å². The van der Waals surface area contributed by atoms with Gasteiger partial charge < -0.3 is 9.64 Å². The van der Waals surface area contributed by atoms with Crippen LogP contribution in [0.2, 0.25) is 0 Å². The number of hydrogen-bond acceptors (Lipinski definition) is 4. The van der Waals surface area contributed by atoms with Crippen LogP contribution in [0.5, 0.6) is 5.75 Å². The van der Waals surface area contributed by atoms with Gasteiger partial charge in [0.15, 0.2) is 6.23 Å². The lowest BCUT2D eigenvalue weighted by molar-refractivity contribution is -0.384. The Balaban J connectivity index is 1.98. The Morgan fingerprint density at radius 2 is 2.00 bits per heavy atom. The smallest absolute Gasteiger partial charge is 0.270 e. The first-order chi connectivity index (χ1) is 11.4. The van der Waals surface area contributed by atoms with Crippen molar-refractivity contribution in [2.45, 2.75) is 25.5 Å². The minimum atomic E-state index is -0.418. The predicted octanol–water partition coefficient (Wildman–Crippen LogP) is 4.37. The molecule has 0 N–H and O–H groups in total. The fourth-order valence-corrected chi connectivity index (χ4v) is 3.33. The van der Waals surface area contributed by atoms with E-state index in [0.717, 1.165) is 5.69 Å². The average molecular weight is 324 g/mol. The first-order valence-electron chi connectivity index (χ1n) is 7.76. The van der Waals surface area contributed by atoms with E-state index in [1.807, 2.05) is 19.2 Å². The van der Waals surface area contributed by atoms with Gasteiger partial charge in [0.05, 0.1) is 4.92 Å². The normalized spacial score (nSPS) is 18.1. The Bertz CT molecular complexity index is 814. The molecule has 0 aliphatic carbocycles. The highest BCUT2D eigenvalue weighted by atomic mass is 16.6. The first-order valence-corrected chi connectivity index (χ1v) is 7.76. The van der Waals surface area contributed by atoms with Crippen LogP contribution in [0.15, 0.2) is 49.0 Å². The minimum absolute atomic E-state index is 0.0274. The van der Waals surface area contributed by atoms with Crippen LogP contribution in [-0.2, 0) is 5.41 Å². The van der Waals surface area contributed by atoms with Crippen molar-refractivity contribution in [3.63, 3.8) is 0 Å². The second-order valence-electron chi connectivity index (χ2n) is 6.50. The summed E-state index contributed by atoms with van der Waals surface area (Å²) in [6.45, 7) is 8.02. The Hall–Kier alpha value is -2.82. The summed E-state index contributed by atoms with van der Waals surface area (Å²) in [6, 6.07) is 12.8. The zero-order chi connectivity index (χ0) is 17.5. The highest BCUT2D eigenvalue weighted by molar-refractivity contribution is 5.64. The second kappa shape index (κ2) is 5.67. The Morgan fingerprint density at radius 1 is 1.29 bits per heavy atom.